The van der Waals surface area contributed by atoms with Gasteiger partial charge in [-0.25, -0.2) is 0 Å². The first-order valence-corrected chi connectivity index (χ1v) is 12.4. The maximum Gasteiger partial charge on any atom is 1.00 e. The molecule has 1 heterocycles. The number of ether oxygens (including phenoxy) is 2. The Bertz CT molecular complexity index is 1210. The van der Waals surface area contributed by atoms with Gasteiger partial charge in [-0.2, -0.15) is 0 Å². The van der Waals surface area contributed by atoms with Crippen molar-refractivity contribution in [2.24, 2.45) is 0 Å². The number of hydrogen-bond acceptors (Lipinski definition) is 5. The van der Waals surface area contributed by atoms with Gasteiger partial charge < -0.3 is 19.4 Å². The van der Waals surface area contributed by atoms with Gasteiger partial charge in [-0.1, -0.05) is 47.8 Å². The standard InChI is InChI=1S/C28H26Cl2O5.Na/c29-23-8-5-4-7-18(23)6-2-1-3-9-25(31)19-10-12-20(13-11-19)35-27-17-26-22(16-24(27)30)21(28(32)33)14-15-34-26;/h4-5,7-8,10-13,16-17,21H,1-3,6,9,14-15H2,(H,32,33);/q;+1/p-1. The number of ketones is 1. The van der Waals surface area contributed by atoms with Crippen LogP contribution >= 0.6 is 23.2 Å². The number of benzene rings is 3. The summed E-state index contributed by atoms with van der Waals surface area (Å²) in [6.45, 7) is 0.281. The minimum Gasteiger partial charge on any atom is -0.549 e. The second-order valence-corrected chi connectivity index (χ2v) is 9.35. The van der Waals surface area contributed by atoms with Crippen molar-refractivity contribution in [3.63, 3.8) is 0 Å². The van der Waals surface area contributed by atoms with Crippen molar-refractivity contribution in [3.05, 3.63) is 87.4 Å². The Kier molecular flexibility index (Phi) is 10.7. The molecular formula is C28H25Cl2NaO5. The van der Waals surface area contributed by atoms with Crippen LogP contribution in [0, 0.1) is 0 Å². The minimum atomic E-state index is -1.15. The van der Waals surface area contributed by atoms with E-state index in [1.807, 2.05) is 24.3 Å². The van der Waals surface area contributed by atoms with E-state index in [2.05, 4.69) is 0 Å². The first-order valence-electron chi connectivity index (χ1n) is 11.6. The quantitative estimate of drug-likeness (QED) is 0.226. The van der Waals surface area contributed by atoms with E-state index < -0.39 is 11.9 Å². The molecule has 8 heteroatoms. The van der Waals surface area contributed by atoms with Crippen molar-refractivity contribution in [1.82, 2.24) is 0 Å². The topological polar surface area (TPSA) is 75.7 Å². The second kappa shape index (κ2) is 13.5. The zero-order valence-electron chi connectivity index (χ0n) is 20.1. The fourth-order valence-corrected chi connectivity index (χ4v) is 4.61. The van der Waals surface area contributed by atoms with Gasteiger partial charge >= 0.3 is 29.6 Å². The summed E-state index contributed by atoms with van der Waals surface area (Å²) in [5, 5.41) is 12.5. The maximum absolute atomic E-state index is 12.5. The number of unbranched alkanes of at least 4 members (excludes halogenated alkanes) is 2. The number of carboxylic acid groups (broad SMARTS) is 1. The van der Waals surface area contributed by atoms with Crippen LogP contribution in [0.15, 0.2) is 60.7 Å². The summed E-state index contributed by atoms with van der Waals surface area (Å²) in [6.07, 6.45) is 4.48. The molecule has 1 aliphatic rings. The molecule has 0 fully saturated rings. The van der Waals surface area contributed by atoms with E-state index in [9.17, 15) is 14.7 Å². The van der Waals surface area contributed by atoms with Crippen LogP contribution in [0.25, 0.3) is 0 Å². The fraction of sp³-hybridized carbons (Fsp3) is 0.286. The number of fused-ring (bicyclic) bond motifs is 1. The Balaban J connectivity index is 0.00000361. The van der Waals surface area contributed by atoms with Crippen LogP contribution < -0.4 is 44.1 Å². The van der Waals surface area contributed by atoms with Crippen molar-refractivity contribution in [3.8, 4) is 17.2 Å². The van der Waals surface area contributed by atoms with Gasteiger partial charge in [0.1, 0.15) is 17.2 Å². The first-order chi connectivity index (χ1) is 16.9. The van der Waals surface area contributed by atoms with E-state index in [0.717, 1.165) is 36.3 Å². The molecule has 4 rings (SSSR count). The number of carbonyl (C=O) groups is 2. The Labute approximate surface area is 243 Å². The number of carboxylic acids is 1. The summed E-state index contributed by atoms with van der Waals surface area (Å²) in [4.78, 5) is 23.9. The average Bonchev–Trinajstić information content (AvgIpc) is 2.85. The summed E-state index contributed by atoms with van der Waals surface area (Å²) in [5.41, 5.74) is 2.25. The van der Waals surface area contributed by atoms with Gasteiger partial charge in [0.05, 0.1) is 11.6 Å². The first kappa shape index (κ1) is 28.5. The van der Waals surface area contributed by atoms with E-state index in [1.54, 1.807) is 36.4 Å². The molecule has 0 N–H and O–H groups in total. The number of aryl methyl sites for hydroxylation is 1. The Morgan fingerprint density at radius 1 is 0.972 bits per heavy atom. The number of rotatable bonds is 10. The number of Topliss-reactive ketones (excluding diaryl/α,β-unsaturated/α-hetero) is 1. The van der Waals surface area contributed by atoms with Crippen LogP contribution in [-0.2, 0) is 11.2 Å². The summed E-state index contributed by atoms with van der Waals surface area (Å²) in [6, 6.07) is 17.9. The molecule has 0 spiro atoms. The van der Waals surface area contributed by atoms with Gasteiger partial charge in [0, 0.05) is 40.5 Å². The van der Waals surface area contributed by atoms with Gasteiger partial charge in [0.2, 0.25) is 0 Å². The van der Waals surface area contributed by atoms with Crippen molar-refractivity contribution < 1.29 is 53.7 Å². The molecule has 0 saturated heterocycles. The maximum atomic E-state index is 12.5. The Hall–Kier alpha value is -2.02. The Morgan fingerprint density at radius 2 is 1.72 bits per heavy atom. The van der Waals surface area contributed by atoms with Gasteiger partial charge in [0.25, 0.3) is 0 Å². The van der Waals surface area contributed by atoms with Crippen LogP contribution in [0.4, 0.5) is 0 Å². The normalized spacial score (nSPS) is 14.2. The predicted octanol–water partition coefficient (Wildman–Crippen LogP) is 3.39. The molecule has 3 aromatic carbocycles. The molecule has 1 atom stereocenters. The van der Waals surface area contributed by atoms with E-state index in [4.69, 9.17) is 32.7 Å². The van der Waals surface area contributed by atoms with E-state index in [0.29, 0.717) is 41.2 Å². The smallest absolute Gasteiger partial charge is 0.549 e. The molecule has 36 heavy (non-hydrogen) atoms. The van der Waals surface area contributed by atoms with E-state index in [1.165, 1.54) is 0 Å². The molecule has 182 valence electrons. The van der Waals surface area contributed by atoms with Crippen molar-refractivity contribution >= 4 is 35.0 Å². The molecule has 1 unspecified atom stereocenters. The molecule has 3 aromatic rings. The van der Waals surface area contributed by atoms with Crippen molar-refractivity contribution in [2.75, 3.05) is 6.61 Å². The van der Waals surface area contributed by atoms with Gasteiger partial charge in [-0.3, -0.25) is 4.79 Å². The fourth-order valence-electron chi connectivity index (χ4n) is 4.17. The molecule has 0 aromatic heterocycles. The van der Waals surface area contributed by atoms with Crippen LogP contribution in [-0.4, -0.2) is 18.4 Å². The van der Waals surface area contributed by atoms with Crippen LogP contribution in [0.2, 0.25) is 10.0 Å². The molecule has 0 radical (unpaired) electrons. The van der Waals surface area contributed by atoms with Crippen LogP contribution in [0.3, 0.4) is 0 Å². The minimum absolute atomic E-state index is 0. The van der Waals surface area contributed by atoms with Gasteiger partial charge in [0.15, 0.2) is 5.78 Å². The number of carbonyl (C=O) groups excluding carboxylic acids is 2. The largest absolute Gasteiger partial charge is 1.00 e. The van der Waals surface area contributed by atoms with Gasteiger partial charge in [-0.15, -0.1) is 0 Å². The molecule has 1 aliphatic heterocycles. The number of hydrogen-bond donors (Lipinski definition) is 0. The number of halogens is 2. The molecule has 5 nitrogen and oxygen atoms in total. The summed E-state index contributed by atoms with van der Waals surface area (Å²) >= 11 is 12.5. The third kappa shape index (κ3) is 7.27. The zero-order chi connectivity index (χ0) is 24.8. The average molecular weight is 535 g/mol. The van der Waals surface area contributed by atoms with Crippen molar-refractivity contribution in [1.29, 1.82) is 0 Å². The molecule has 0 aliphatic carbocycles. The van der Waals surface area contributed by atoms with Crippen LogP contribution in [0.1, 0.15) is 59.5 Å². The van der Waals surface area contributed by atoms with E-state index in [-0.39, 0.29) is 47.0 Å². The summed E-state index contributed by atoms with van der Waals surface area (Å²) in [5.74, 6) is -0.543. The molecule has 0 saturated carbocycles. The van der Waals surface area contributed by atoms with E-state index >= 15 is 0 Å². The SMILES string of the molecule is O=C(CCCCCc1ccccc1Cl)c1ccc(Oc2cc3c(cc2Cl)C(C(=O)[O-])CCO3)cc1.[Na+]. The second-order valence-electron chi connectivity index (χ2n) is 8.53. The monoisotopic (exact) mass is 534 g/mol. The Morgan fingerprint density at radius 3 is 2.44 bits per heavy atom. The van der Waals surface area contributed by atoms with Crippen LogP contribution in [0.5, 0.6) is 17.2 Å². The molecule has 0 amide bonds. The molecule has 0 bridgehead atoms. The molecular weight excluding hydrogens is 510 g/mol. The zero-order valence-corrected chi connectivity index (χ0v) is 23.6. The summed E-state index contributed by atoms with van der Waals surface area (Å²) in [7, 11) is 0. The van der Waals surface area contributed by atoms with Crippen molar-refractivity contribution in [2.45, 2.75) is 44.4 Å². The number of aliphatic carboxylic acids is 1. The third-order valence-electron chi connectivity index (χ3n) is 6.10. The van der Waals surface area contributed by atoms with Gasteiger partial charge in [-0.05, 0) is 67.6 Å². The predicted molar refractivity (Wildman–Crippen MR) is 134 cm³/mol. The third-order valence-corrected chi connectivity index (χ3v) is 6.76. The summed E-state index contributed by atoms with van der Waals surface area (Å²) < 4.78 is 11.5.